The van der Waals surface area contributed by atoms with Gasteiger partial charge >= 0.3 is 6.03 Å². The van der Waals surface area contributed by atoms with Crippen LogP contribution in [0, 0.1) is 5.82 Å². The summed E-state index contributed by atoms with van der Waals surface area (Å²) in [5.74, 6) is 0.0899. The van der Waals surface area contributed by atoms with Gasteiger partial charge in [-0.25, -0.2) is 9.18 Å². The largest absolute Gasteiger partial charge is 0.324 e. The molecule has 1 aromatic heterocycles. The number of nitrogens with zero attached hydrogens (tertiary/aromatic N) is 2. The van der Waals surface area contributed by atoms with Crippen LogP contribution in [0.1, 0.15) is 5.56 Å². The zero-order valence-corrected chi connectivity index (χ0v) is 15.2. The van der Waals surface area contributed by atoms with E-state index in [4.69, 9.17) is 11.6 Å². The Morgan fingerprint density at radius 2 is 1.96 bits per heavy atom. The Morgan fingerprint density at radius 3 is 2.68 bits per heavy atom. The molecule has 0 bridgehead atoms. The van der Waals surface area contributed by atoms with E-state index in [0.29, 0.717) is 27.5 Å². The van der Waals surface area contributed by atoms with Gasteiger partial charge in [-0.1, -0.05) is 29.8 Å². The normalized spacial score (nSPS) is 10.5. The van der Waals surface area contributed by atoms with E-state index in [1.807, 2.05) is 0 Å². The van der Waals surface area contributed by atoms with E-state index in [2.05, 4.69) is 31.7 Å². The molecule has 0 aliphatic rings. The summed E-state index contributed by atoms with van der Waals surface area (Å²) < 4.78 is 15.2. The lowest BCUT2D eigenvalue weighted by atomic mass is 10.2. The summed E-state index contributed by atoms with van der Waals surface area (Å²) in [6.07, 6.45) is 1.73. The van der Waals surface area contributed by atoms with E-state index in [1.165, 1.54) is 12.1 Å². The number of benzene rings is 2. The molecular weight excluding hydrogens is 411 g/mol. The number of hydrogen-bond acceptors (Lipinski definition) is 2. The number of halogens is 3. The van der Waals surface area contributed by atoms with Crippen molar-refractivity contribution in [3.05, 3.63) is 75.6 Å². The minimum absolute atomic E-state index is 0.287. The predicted molar refractivity (Wildman–Crippen MR) is 99.5 cm³/mol. The lowest BCUT2D eigenvalue weighted by molar-refractivity contribution is 0.262. The second kappa shape index (κ2) is 7.67. The van der Waals surface area contributed by atoms with E-state index in [9.17, 15) is 9.18 Å². The van der Waals surface area contributed by atoms with Crippen LogP contribution in [0.3, 0.4) is 0 Å². The average molecular weight is 424 g/mol. The van der Waals surface area contributed by atoms with Crippen LogP contribution >= 0.6 is 27.5 Å². The molecule has 3 rings (SSSR count). The number of amides is 2. The Hall–Kier alpha value is -2.38. The van der Waals surface area contributed by atoms with E-state index >= 15 is 0 Å². The van der Waals surface area contributed by atoms with Gasteiger partial charge in [0.25, 0.3) is 0 Å². The third kappa shape index (κ3) is 4.80. The summed E-state index contributed by atoms with van der Waals surface area (Å²) in [6, 6.07) is 12.6. The number of urea groups is 1. The molecule has 1 heterocycles. The van der Waals surface area contributed by atoms with Crippen molar-refractivity contribution in [3.63, 3.8) is 0 Å². The van der Waals surface area contributed by atoms with Crippen molar-refractivity contribution in [1.29, 1.82) is 0 Å². The molecule has 25 heavy (non-hydrogen) atoms. The van der Waals surface area contributed by atoms with Crippen molar-refractivity contribution in [2.75, 3.05) is 10.6 Å². The second-order valence-electron chi connectivity index (χ2n) is 5.24. The first-order valence-corrected chi connectivity index (χ1v) is 8.48. The van der Waals surface area contributed by atoms with Gasteiger partial charge in [0, 0.05) is 16.9 Å². The number of anilines is 2. The Morgan fingerprint density at radius 1 is 1.20 bits per heavy atom. The first-order chi connectivity index (χ1) is 12.0. The molecule has 3 aromatic rings. The van der Waals surface area contributed by atoms with E-state index in [-0.39, 0.29) is 5.82 Å². The molecule has 0 saturated carbocycles. The lowest BCUT2D eigenvalue weighted by Crippen LogP contribution is -2.20. The van der Waals surface area contributed by atoms with Crippen LogP contribution in [-0.2, 0) is 6.54 Å². The highest BCUT2D eigenvalue weighted by Crippen LogP contribution is 2.21. The number of hydrogen-bond donors (Lipinski definition) is 2. The fourth-order valence-electron chi connectivity index (χ4n) is 2.18. The molecule has 128 valence electrons. The standard InChI is InChI=1S/C17H13BrClFN4O/c18-15-10-24(9-11-4-6-13(20)7-5-11)23-16(15)22-17(25)21-14-3-1-2-12(19)8-14/h1-8,10H,9H2,(H2,21,22,23,25). The van der Waals surface area contributed by atoms with Gasteiger partial charge in [0.2, 0.25) is 0 Å². The van der Waals surface area contributed by atoms with Crippen LogP contribution in [0.2, 0.25) is 5.02 Å². The Labute approximate surface area is 156 Å². The van der Waals surface area contributed by atoms with E-state index in [1.54, 1.807) is 47.3 Å². The van der Waals surface area contributed by atoms with Gasteiger partial charge in [0.05, 0.1) is 11.0 Å². The number of aromatic nitrogens is 2. The van der Waals surface area contributed by atoms with Gasteiger partial charge in [-0.3, -0.25) is 10.00 Å². The topological polar surface area (TPSA) is 59.0 Å². The second-order valence-corrected chi connectivity index (χ2v) is 6.53. The zero-order valence-electron chi connectivity index (χ0n) is 12.8. The molecule has 8 heteroatoms. The Kier molecular flexibility index (Phi) is 5.35. The van der Waals surface area contributed by atoms with E-state index < -0.39 is 6.03 Å². The van der Waals surface area contributed by atoms with Gasteiger partial charge < -0.3 is 5.32 Å². The number of nitrogens with one attached hydrogen (secondary N) is 2. The highest BCUT2D eigenvalue weighted by Gasteiger charge is 2.11. The lowest BCUT2D eigenvalue weighted by Gasteiger charge is -2.06. The molecule has 2 N–H and O–H groups in total. The molecular formula is C17H13BrClFN4O. The van der Waals surface area contributed by atoms with Gasteiger partial charge in [0.1, 0.15) is 5.82 Å². The fourth-order valence-corrected chi connectivity index (χ4v) is 2.78. The molecule has 2 aromatic carbocycles. The Balaban J connectivity index is 1.65. The van der Waals surface area contributed by atoms with Crippen LogP contribution in [0.4, 0.5) is 20.7 Å². The van der Waals surface area contributed by atoms with Crippen LogP contribution in [0.5, 0.6) is 0 Å². The first-order valence-electron chi connectivity index (χ1n) is 7.30. The molecule has 2 amide bonds. The summed E-state index contributed by atoms with van der Waals surface area (Å²) >= 11 is 9.25. The summed E-state index contributed by atoms with van der Waals surface area (Å²) in [7, 11) is 0. The van der Waals surface area contributed by atoms with Crippen LogP contribution in [0.25, 0.3) is 0 Å². The zero-order chi connectivity index (χ0) is 17.8. The molecule has 0 aliphatic heterocycles. The molecule has 0 saturated heterocycles. The van der Waals surface area contributed by atoms with Crippen molar-refractivity contribution < 1.29 is 9.18 Å². The highest BCUT2D eigenvalue weighted by molar-refractivity contribution is 9.10. The number of carbonyl (C=O) groups is 1. The van der Waals surface area contributed by atoms with Crippen molar-refractivity contribution in [2.45, 2.75) is 6.54 Å². The maximum atomic E-state index is 12.9. The molecule has 0 aliphatic carbocycles. The monoisotopic (exact) mass is 422 g/mol. The van der Waals surface area contributed by atoms with Crippen molar-refractivity contribution >= 4 is 45.1 Å². The number of rotatable bonds is 4. The highest BCUT2D eigenvalue weighted by atomic mass is 79.9. The minimum Gasteiger partial charge on any atom is -0.308 e. The molecule has 0 unspecified atom stereocenters. The molecule has 0 radical (unpaired) electrons. The molecule has 5 nitrogen and oxygen atoms in total. The maximum Gasteiger partial charge on any atom is 0.324 e. The average Bonchev–Trinajstić information content (AvgIpc) is 2.89. The Bertz CT molecular complexity index is 898. The van der Waals surface area contributed by atoms with Crippen molar-refractivity contribution in [2.24, 2.45) is 0 Å². The summed E-state index contributed by atoms with van der Waals surface area (Å²) in [6.45, 7) is 0.455. The van der Waals surface area contributed by atoms with Crippen LogP contribution < -0.4 is 10.6 Å². The third-order valence-electron chi connectivity index (χ3n) is 3.29. The quantitative estimate of drug-likeness (QED) is 0.611. The molecule has 0 spiro atoms. The summed E-state index contributed by atoms with van der Waals surface area (Å²) in [5.41, 5.74) is 1.47. The smallest absolute Gasteiger partial charge is 0.308 e. The van der Waals surface area contributed by atoms with E-state index in [0.717, 1.165) is 5.56 Å². The SMILES string of the molecule is O=C(Nc1cccc(Cl)c1)Nc1nn(Cc2ccc(F)cc2)cc1Br. The third-order valence-corrected chi connectivity index (χ3v) is 4.10. The van der Waals surface area contributed by atoms with Gasteiger partial charge in [-0.2, -0.15) is 5.10 Å². The summed E-state index contributed by atoms with van der Waals surface area (Å²) in [5, 5.41) is 10.2. The van der Waals surface area contributed by atoms with Crippen LogP contribution in [0.15, 0.2) is 59.2 Å². The number of carbonyl (C=O) groups excluding carboxylic acids is 1. The first kappa shape index (κ1) is 17.4. The van der Waals surface area contributed by atoms with Gasteiger partial charge in [-0.15, -0.1) is 0 Å². The minimum atomic E-state index is -0.435. The van der Waals surface area contributed by atoms with Crippen molar-refractivity contribution in [3.8, 4) is 0 Å². The summed E-state index contributed by atoms with van der Waals surface area (Å²) in [4.78, 5) is 12.1. The van der Waals surface area contributed by atoms with Crippen molar-refractivity contribution in [1.82, 2.24) is 9.78 Å². The molecule has 0 fully saturated rings. The fraction of sp³-hybridized carbons (Fsp3) is 0.0588. The maximum absolute atomic E-state index is 12.9. The predicted octanol–water partition coefficient (Wildman–Crippen LogP) is 5.13. The van der Waals surface area contributed by atoms with Gasteiger partial charge in [-0.05, 0) is 51.8 Å². The van der Waals surface area contributed by atoms with Gasteiger partial charge in [0.15, 0.2) is 5.82 Å². The molecule has 0 atom stereocenters. The van der Waals surface area contributed by atoms with Crippen LogP contribution in [-0.4, -0.2) is 15.8 Å².